The molecule has 2 atom stereocenters. The zero-order chi connectivity index (χ0) is 18.1. The molecule has 2 saturated heterocycles. The van der Waals surface area contributed by atoms with Crippen molar-refractivity contribution < 1.29 is 9.72 Å². The number of aromatic amines is 1. The third-order valence-corrected chi connectivity index (χ3v) is 5.52. The molecule has 0 spiro atoms. The van der Waals surface area contributed by atoms with Crippen molar-refractivity contribution in [3.8, 4) is 0 Å². The minimum absolute atomic E-state index is 0.0552. The average Bonchev–Trinajstić information content (AvgIpc) is 3.25. The van der Waals surface area contributed by atoms with Gasteiger partial charge in [-0.3, -0.25) is 10.1 Å². The van der Waals surface area contributed by atoms with Crippen molar-refractivity contribution in [3.05, 3.63) is 40.1 Å². The van der Waals surface area contributed by atoms with Gasteiger partial charge in [0.15, 0.2) is 0 Å². The first-order valence-corrected chi connectivity index (χ1v) is 9.14. The monoisotopic (exact) mass is 357 g/mol. The molecule has 0 bridgehead atoms. The van der Waals surface area contributed by atoms with Crippen LogP contribution in [0.4, 0.5) is 10.5 Å². The van der Waals surface area contributed by atoms with E-state index in [9.17, 15) is 14.9 Å². The zero-order valence-electron chi connectivity index (χ0n) is 14.5. The Bertz CT molecular complexity index is 833. The lowest BCUT2D eigenvalue weighted by Gasteiger charge is -2.35. The first-order chi connectivity index (χ1) is 12.6. The van der Waals surface area contributed by atoms with Crippen molar-refractivity contribution >= 4 is 22.6 Å². The standard InChI is InChI=1S/C18H23N5O3/c24-18-20-7-8-22(18)14-5-6-19-13(9-14)2-1-12-11-21-17-4-3-15(23(25)26)10-16(12)17/h3-4,10-11,13-14,19,21H,1-2,5-9H2,(H,20,24). The lowest BCUT2D eigenvalue weighted by Crippen LogP contribution is -2.49. The molecule has 8 nitrogen and oxygen atoms in total. The number of benzene rings is 1. The molecule has 0 saturated carbocycles. The molecule has 2 aliphatic rings. The predicted molar refractivity (Wildman–Crippen MR) is 98.2 cm³/mol. The molecule has 0 aliphatic carbocycles. The summed E-state index contributed by atoms with van der Waals surface area (Å²) in [5, 5.41) is 18.4. The second kappa shape index (κ2) is 6.95. The van der Waals surface area contributed by atoms with Crippen molar-refractivity contribution in [2.75, 3.05) is 19.6 Å². The molecule has 4 rings (SSSR count). The van der Waals surface area contributed by atoms with E-state index in [0.717, 1.165) is 61.8 Å². The minimum Gasteiger partial charge on any atom is -0.361 e. The van der Waals surface area contributed by atoms with Crippen molar-refractivity contribution in [3.63, 3.8) is 0 Å². The van der Waals surface area contributed by atoms with Gasteiger partial charge in [0.1, 0.15) is 0 Å². The average molecular weight is 357 g/mol. The molecule has 138 valence electrons. The van der Waals surface area contributed by atoms with E-state index in [1.807, 2.05) is 11.1 Å². The number of nitrogens with zero attached hydrogens (tertiary/aromatic N) is 2. The van der Waals surface area contributed by atoms with Crippen LogP contribution in [0.3, 0.4) is 0 Å². The van der Waals surface area contributed by atoms with E-state index >= 15 is 0 Å². The maximum atomic E-state index is 11.9. The molecule has 2 aliphatic heterocycles. The third kappa shape index (κ3) is 3.24. The number of piperidine rings is 1. The largest absolute Gasteiger partial charge is 0.361 e. The number of nitro groups is 1. The molecule has 8 heteroatoms. The Morgan fingerprint density at radius 3 is 2.96 bits per heavy atom. The summed E-state index contributed by atoms with van der Waals surface area (Å²) in [6, 6.07) is 5.64. The molecule has 2 aromatic rings. The lowest BCUT2D eigenvalue weighted by molar-refractivity contribution is -0.384. The van der Waals surface area contributed by atoms with Crippen LogP contribution in [0.15, 0.2) is 24.4 Å². The summed E-state index contributed by atoms with van der Waals surface area (Å²) in [6.07, 6.45) is 5.68. The molecule has 2 fully saturated rings. The number of carbonyl (C=O) groups excluding carboxylic acids is 1. The predicted octanol–water partition coefficient (Wildman–Crippen LogP) is 2.15. The van der Waals surface area contributed by atoms with Crippen LogP contribution in [0.2, 0.25) is 0 Å². The second-order valence-corrected chi connectivity index (χ2v) is 7.09. The van der Waals surface area contributed by atoms with Gasteiger partial charge in [0, 0.05) is 54.4 Å². The number of carbonyl (C=O) groups is 1. The Balaban J connectivity index is 1.42. The van der Waals surface area contributed by atoms with Gasteiger partial charge in [-0.1, -0.05) is 0 Å². The number of H-pyrrole nitrogens is 1. The van der Waals surface area contributed by atoms with Crippen molar-refractivity contribution in [1.29, 1.82) is 0 Å². The fourth-order valence-electron chi connectivity index (χ4n) is 4.14. The van der Waals surface area contributed by atoms with Crippen LogP contribution in [0.25, 0.3) is 10.9 Å². The quantitative estimate of drug-likeness (QED) is 0.563. The highest BCUT2D eigenvalue weighted by Crippen LogP contribution is 2.26. The van der Waals surface area contributed by atoms with Gasteiger partial charge < -0.3 is 20.5 Å². The highest BCUT2D eigenvalue weighted by molar-refractivity contribution is 5.85. The van der Waals surface area contributed by atoms with Crippen LogP contribution in [0, 0.1) is 10.1 Å². The first-order valence-electron chi connectivity index (χ1n) is 9.14. The number of hydrogen-bond donors (Lipinski definition) is 3. The SMILES string of the molecule is O=C1NCCN1C1CCNC(CCc2c[nH]c3ccc([N+](=O)[O-])cc23)C1. The molecule has 0 radical (unpaired) electrons. The number of fused-ring (bicyclic) bond motifs is 1. The summed E-state index contributed by atoms with van der Waals surface area (Å²) in [4.78, 5) is 27.7. The summed E-state index contributed by atoms with van der Waals surface area (Å²) >= 11 is 0. The first kappa shape index (κ1) is 16.8. The van der Waals surface area contributed by atoms with Gasteiger partial charge in [0.05, 0.1) is 4.92 Å². The summed E-state index contributed by atoms with van der Waals surface area (Å²) in [5.74, 6) is 0. The van der Waals surface area contributed by atoms with E-state index in [1.54, 1.807) is 12.1 Å². The fraction of sp³-hybridized carbons (Fsp3) is 0.500. The van der Waals surface area contributed by atoms with E-state index < -0.39 is 0 Å². The van der Waals surface area contributed by atoms with Crippen LogP contribution in [0.5, 0.6) is 0 Å². The molecule has 2 unspecified atom stereocenters. The summed E-state index contributed by atoms with van der Waals surface area (Å²) in [7, 11) is 0. The van der Waals surface area contributed by atoms with E-state index in [1.165, 1.54) is 6.07 Å². The summed E-state index contributed by atoms with van der Waals surface area (Å²) in [6.45, 7) is 2.45. The van der Waals surface area contributed by atoms with Gasteiger partial charge in [-0.2, -0.15) is 0 Å². The number of nitro benzene ring substituents is 1. The van der Waals surface area contributed by atoms with Crippen molar-refractivity contribution in [2.45, 2.75) is 37.8 Å². The molecular weight excluding hydrogens is 334 g/mol. The van der Waals surface area contributed by atoms with Crippen LogP contribution in [-0.2, 0) is 6.42 Å². The Labute approximate surface area is 151 Å². The minimum atomic E-state index is -0.357. The van der Waals surface area contributed by atoms with Crippen LogP contribution in [-0.4, -0.2) is 52.6 Å². The maximum Gasteiger partial charge on any atom is 0.317 e. The second-order valence-electron chi connectivity index (χ2n) is 7.09. The number of urea groups is 1. The van der Waals surface area contributed by atoms with E-state index in [4.69, 9.17) is 0 Å². The molecule has 1 aromatic heterocycles. The van der Waals surface area contributed by atoms with Crippen LogP contribution >= 0.6 is 0 Å². The van der Waals surface area contributed by atoms with Gasteiger partial charge in [-0.25, -0.2) is 4.79 Å². The van der Waals surface area contributed by atoms with Gasteiger partial charge in [-0.15, -0.1) is 0 Å². The van der Waals surface area contributed by atoms with Crippen molar-refractivity contribution in [2.24, 2.45) is 0 Å². The van der Waals surface area contributed by atoms with Crippen LogP contribution < -0.4 is 10.6 Å². The van der Waals surface area contributed by atoms with Gasteiger partial charge in [0.2, 0.25) is 0 Å². The zero-order valence-corrected chi connectivity index (χ0v) is 14.5. The Hall–Kier alpha value is -2.61. The third-order valence-electron chi connectivity index (χ3n) is 5.52. The number of amides is 2. The Morgan fingerprint density at radius 2 is 2.19 bits per heavy atom. The molecule has 26 heavy (non-hydrogen) atoms. The smallest absolute Gasteiger partial charge is 0.317 e. The fourth-order valence-corrected chi connectivity index (χ4v) is 4.14. The van der Waals surface area contributed by atoms with Crippen LogP contribution in [0.1, 0.15) is 24.8 Å². The number of aromatic nitrogens is 1. The van der Waals surface area contributed by atoms with E-state index in [2.05, 4.69) is 15.6 Å². The Morgan fingerprint density at radius 1 is 1.31 bits per heavy atom. The van der Waals surface area contributed by atoms with Crippen molar-refractivity contribution in [1.82, 2.24) is 20.5 Å². The highest BCUT2D eigenvalue weighted by atomic mass is 16.6. The number of nitrogens with one attached hydrogen (secondary N) is 3. The van der Waals surface area contributed by atoms with Gasteiger partial charge in [-0.05, 0) is 43.9 Å². The molecule has 3 N–H and O–H groups in total. The Kier molecular flexibility index (Phi) is 4.50. The molecule has 1 aromatic carbocycles. The number of non-ortho nitro benzene ring substituents is 1. The van der Waals surface area contributed by atoms with Gasteiger partial charge in [0.25, 0.3) is 5.69 Å². The van der Waals surface area contributed by atoms with Gasteiger partial charge >= 0.3 is 6.03 Å². The molecule has 3 heterocycles. The lowest BCUT2D eigenvalue weighted by atomic mass is 9.93. The highest BCUT2D eigenvalue weighted by Gasteiger charge is 2.31. The summed E-state index contributed by atoms with van der Waals surface area (Å²) in [5.41, 5.74) is 2.15. The van der Waals surface area contributed by atoms with E-state index in [0.29, 0.717) is 12.1 Å². The number of rotatable bonds is 5. The summed E-state index contributed by atoms with van der Waals surface area (Å²) < 4.78 is 0. The van der Waals surface area contributed by atoms with E-state index in [-0.39, 0.29) is 16.6 Å². The normalized spacial score (nSPS) is 23.4. The molecule has 2 amide bonds. The number of hydrogen-bond acceptors (Lipinski definition) is 4. The topological polar surface area (TPSA) is 103 Å². The maximum absolute atomic E-state index is 11.9. The number of aryl methyl sites for hydroxylation is 1. The molecular formula is C18H23N5O3.